The van der Waals surface area contributed by atoms with Gasteiger partial charge in [0.2, 0.25) is 0 Å². The Balaban J connectivity index is -0.00000128. The van der Waals surface area contributed by atoms with E-state index in [0.29, 0.717) is 24.2 Å². The molecule has 4 aliphatic rings. The van der Waals surface area contributed by atoms with Crippen molar-refractivity contribution in [2.24, 2.45) is 0 Å². The average Bonchev–Trinajstić information content (AvgIpc) is 0.814. The molecule has 0 aromatic heterocycles. The van der Waals surface area contributed by atoms with Crippen molar-refractivity contribution in [3.05, 3.63) is 456 Å². The summed E-state index contributed by atoms with van der Waals surface area (Å²) in [5.74, 6) is 0. The molecular weight excluding hydrogens is 1600 g/mol. The van der Waals surface area contributed by atoms with E-state index in [0.717, 1.165) is 70.3 Å². The number of anilines is 2. The number of ether oxygens (including phenoxy) is 1. The molecule has 4 aliphatic heterocycles. The summed E-state index contributed by atoms with van der Waals surface area (Å²) in [6.07, 6.45) is 4.87. The van der Waals surface area contributed by atoms with E-state index in [2.05, 4.69) is 275 Å². The Morgan fingerprint density at radius 1 is 0.368 bits per heavy atom. The number of β-amino-alcohol motifs (C(OH)–C–C–N with tert-alkyl or cyclic N) is 1. The smallest absolute Gasteiger partial charge is 0.269 e. The Bertz CT molecular complexity index is 3970. The van der Waals surface area contributed by atoms with Crippen LogP contribution < -0.4 is 11.1 Å². The summed E-state index contributed by atoms with van der Waals surface area (Å²) in [5, 5.41) is 32.6. The van der Waals surface area contributed by atoms with Gasteiger partial charge in [-0.3, -0.25) is 30.0 Å². The van der Waals surface area contributed by atoms with Crippen LogP contribution in [0, 0.1) is 47.9 Å². The first kappa shape index (κ1) is 112. The molecule has 16 rings (SSSR count). The van der Waals surface area contributed by atoms with Crippen LogP contribution in [0.2, 0.25) is 0 Å². The Kier molecular flexibility index (Phi) is 62.3. The fourth-order valence-corrected chi connectivity index (χ4v) is 12.4. The van der Waals surface area contributed by atoms with Gasteiger partial charge >= 0.3 is 0 Å². The SMILES string of the molecule is C.C.C.C.C.C.CC.CCOC1CN(C(c2ccccc2)c2ccccc2)C1.CNc1ccccc1.Nc1ccccc1.O=[N+]([O-])c1ccccc1.O=[N+]([O-])c1ccccc1.OC1CN(C(c2ccccc2)c2ccccc2)C1.[CH3-].[CH3-].[Y].[Y].c1ccc(C(c2ccccc2)N2C[CH-]C2)cc1.c1ccc(C(c2ccccc2)N2C[CH-]C2)cc1. The normalized spacial score (nSPS) is 12.5. The fraction of sp³-hybridized carbons (Fsp3) is 0.248. The van der Waals surface area contributed by atoms with Crippen molar-refractivity contribution in [3.63, 3.8) is 0 Å². The molecule has 0 amide bonds. The van der Waals surface area contributed by atoms with Gasteiger partial charge in [0.1, 0.15) is 0 Å². The number of rotatable bonds is 17. The molecule has 0 atom stereocenters. The van der Waals surface area contributed by atoms with Crippen LogP contribution in [0.5, 0.6) is 0 Å². The first-order valence-electron chi connectivity index (χ1n) is 36.8. The number of hydrogen-bond donors (Lipinski definition) is 3. The maximum Gasteiger partial charge on any atom is 0.269 e. The molecule has 0 unspecified atom stereocenters. The van der Waals surface area contributed by atoms with Gasteiger partial charge in [-0.05, 0) is 75.7 Å². The molecule has 0 aliphatic carbocycles. The number of nitro benzene ring substituents is 2. The second kappa shape index (κ2) is 65.0. The first-order valence-corrected chi connectivity index (χ1v) is 36.8. The standard InChI is InChI=1S/C18H21NO.C16H17NO.2C16H16N.C7H9N.2C6H5NO2.C6H7N.C2H6.6CH4.2CH3.2Y/c1-2-20-17-13-19(14-17)18(15-9-5-3-6-10-15)16-11-7-4-8-12-16;18-15-11-17(12-15)16(13-7-3-1-4-8-13)14-9-5-2-6-10-14;2*1-3-8-14(9-4-1)16(17-12-7-13-17)15-10-5-2-6-11-15;1-8-7-5-3-2-4-6-7;2*8-7(9)6-4-2-1-3-5-6;7-6-4-2-1-3-5-6;1-2;;;;;;;;;;/h3-12,17-18H,2,13-14H2,1H3;1-10,15-16,18H,11-12H2;2*1-11,16H,12-13H2;2-6,8H,1H3;2*1-5H;1-5H,7H2;1-2H3;6*1H4;2*1H3;;/q;;2*-1;;;;;;;;;;;;2*-1;;. The van der Waals surface area contributed by atoms with Gasteiger partial charge in [0.25, 0.3) is 11.4 Å². The third-order valence-corrected chi connectivity index (χ3v) is 17.8. The molecule has 117 heavy (non-hydrogen) atoms. The zero-order chi connectivity index (χ0) is 75.5. The van der Waals surface area contributed by atoms with Gasteiger partial charge < -0.3 is 58.4 Å². The summed E-state index contributed by atoms with van der Waals surface area (Å²) in [6, 6.07) is 122. The zero-order valence-electron chi connectivity index (χ0n) is 65.0. The van der Waals surface area contributed by atoms with Gasteiger partial charge in [-0.15, -0.1) is 26.2 Å². The summed E-state index contributed by atoms with van der Waals surface area (Å²) < 4.78 is 5.69. The van der Waals surface area contributed by atoms with E-state index in [9.17, 15) is 25.3 Å². The van der Waals surface area contributed by atoms with Crippen LogP contribution in [0.25, 0.3) is 0 Å². The number of non-ortho nitro benzene ring substituents is 2. The van der Waals surface area contributed by atoms with Crippen molar-refractivity contribution < 1.29 is 85.1 Å². The number of nitrogens with two attached hydrogens (primary N) is 1. The fourth-order valence-electron chi connectivity index (χ4n) is 12.4. The predicted octanol–water partition coefficient (Wildman–Crippen LogP) is 24.5. The van der Waals surface area contributed by atoms with Gasteiger partial charge in [0, 0.05) is 141 Å². The van der Waals surface area contributed by atoms with Crippen molar-refractivity contribution in [2.75, 3.05) is 77.1 Å². The van der Waals surface area contributed by atoms with Gasteiger partial charge in [0.05, 0.1) is 46.2 Å². The number of nitrogens with one attached hydrogen (secondary N) is 1. The molecule has 622 valence electrons. The van der Waals surface area contributed by atoms with Crippen LogP contribution in [0.3, 0.4) is 0 Å². The van der Waals surface area contributed by atoms with Crippen molar-refractivity contribution >= 4 is 22.7 Å². The molecule has 2 radical (unpaired) electrons. The summed E-state index contributed by atoms with van der Waals surface area (Å²) in [5.41, 5.74) is 18.4. The van der Waals surface area contributed by atoms with E-state index < -0.39 is 9.85 Å². The van der Waals surface area contributed by atoms with Crippen LogP contribution in [-0.2, 0) is 70.2 Å². The Morgan fingerprint density at radius 2 is 0.564 bits per heavy atom. The van der Waals surface area contributed by atoms with Crippen molar-refractivity contribution in [3.8, 4) is 0 Å². The van der Waals surface area contributed by atoms with Crippen LogP contribution in [0.15, 0.2) is 364 Å². The minimum Gasteiger partial charge on any atom is -0.399 e. The predicted molar refractivity (Wildman–Crippen MR) is 493 cm³/mol. The molecule has 12 aromatic rings. The number of para-hydroxylation sites is 4. The van der Waals surface area contributed by atoms with Crippen molar-refractivity contribution in [1.29, 1.82) is 0 Å². The zero-order valence-corrected chi connectivity index (χ0v) is 70.7. The molecule has 4 fully saturated rings. The third kappa shape index (κ3) is 38.1. The molecular formula is C101H132N8O6Y2-4. The van der Waals surface area contributed by atoms with Crippen molar-refractivity contribution in [2.45, 2.75) is 102 Å². The van der Waals surface area contributed by atoms with E-state index in [1.54, 1.807) is 36.4 Å². The van der Waals surface area contributed by atoms with E-state index in [1.165, 1.54) is 68.8 Å². The number of hydrogen-bond acceptors (Lipinski definition) is 12. The summed E-state index contributed by atoms with van der Waals surface area (Å²) in [7, 11) is 1.91. The molecule has 0 spiro atoms. The van der Waals surface area contributed by atoms with Crippen LogP contribution in [0.4, 0.5) is 22.7 Å². The minimum absolute atomic E-state index is 0. The van der Waals surface area contributed by atoms with Crippen LogP contribution in [0.1, 0.15) is 134 Å². The summed E-state index contributed by atoms with van der Waals surface area (Å²) >= 11 is 0. The first-order chi connectivity index (χ1) is 52.6. The van der Waals surface area contributed by atoms with Crippen LogP contribution in [-0.4, -0.2) is 113 Å². The van der Waals surface area contributed by atoms with E-state index in [-0.39, 0.29) is 148 Å². The molecule has 4 N–H and O–H groups in total. The molecule has 0 saturated carbocycles. The number of nitrogen functional groups attached to an aromatic ring is 1. The van der Waals surface area contributed by atoms with Crippen molar-refractivity contribution in [1.82, 2.24) is 19.6 Å². The second-order valence-corrected chi connectivity index (χ2v) is 25.2. The number of aliphatic hydroxyl groups is 1. The molecule has 16 heteroatoms. The minimum atomic E-state index is -0.417. The van der Waals surface area contributed by atoms with E-state index in [1.807, 2.05) is 93.7 Å². The molecule has 14 nitrogen and oxygen atoms in total. The topological polar surface area (TPSA) is 167 Å². The number of nitro groups is 2. The van der Waals surface area contributed by atoms with Gasteiger partial charge in [-0.1, -0.05) is 374 Å². The number of likely N-dealkylation sites (tertiary alicyclic amines) is 4. The molecule has 12 aromatic carbocycles. The maximum absolute atomic E-state index is 10.0. The van der Waals surface area contributed by atoms with Crippen LogP contribution >= 0.6 is 0 Å². The molecule has 4 saturated heterocycles. The van der Waals surface area contributed by atoms with Gasteiger partial charge in [-0.25, -0.2) is 0 Å². The quantitative estimate of drug-likeness (QED) is 0.0342. The molecule has 0 bridgehead atoms. The van der Waals surface area contributed by atoms with Gasteiger partial charge in [-0.2, -0.15) is 0 Å². The van der Waals surface area contributed by atoms with Gasteiger partial charge in [0.15, 0.2) is 0 Å². The summed E-state index contributed by atoms with van der Waals surface area (Å²) in [6.45, 7) is 14.8. The average molecular weight is 1730 g/mol. The third-order valence-electron chi connectivity index (χ3n) is 17.8. The number of nitrogens with zero attached hydrogens (tertiary/aromatic N) is 6. The Morgan fingerprint density at radius 3 is 0.718 bits per heavy atom. The number of aliphatic hydroxyl groups excluding tert-OH is 1. The summed E-state index contributed by atoms with van der Waals surface area (Å²) in [4.78, 5) is 29.0. The second-order valence-electron chi connectivity index (χ2n) is 25.2. The maximum atomic E-state index is 10.0. The Hall–Kier alpha value is -8.99. The Labute approximate surface area is 756 Å². The molecule has 4 heterocycles. The van der Waals surface area contributed by atoms with E-state index >= 15 is 0 Å². The monoisotopic (exact) mass is 1730 g/mol. The number of benzene rings is 12. The largest absolute Gasteiger partial charge is 0.399 e. The van der Waals surface area contributed by atoms with E-state index in [4.69, 9.17) is 10.5 Å².